The molecule has 0 saturated carbocycles. The highest BCUT2D eigenvalue weighted by Crippen LogP contribution is 2.28. The standard InChI is InChI=1S/C18H23N3O2S/c1-12-14(20-18(23-12)16-6-4-10-24-16)11-17(22)19-13-7-9-21-8-3-2-5-15(13)21/h4,6,10,13,15H,2-3,5,7-9,11H2,1H3,(H,19,22)/t13-,15+/m0/s1. The number of fused-ring (bicyclic) bond motifs is 1. The molecule has 5 nitrogen and oxygen atoms in total. The predicted molar refractivity (Wildman–Crippen MR) is 94.0 cm³/mol. The fraction of sp³-hybridized carbons (Fsp3) is 0.556. The van der Waals surface area contributed by atoms with Crippen LogP contribution in [0.1, 0.15) is 37.1 Å². The zero-order valence-corrected chi connectivity index (χ0v) is 14.8. The molecule has 2 fully saturated rings. The van der Waals surface area contributed by atoms with Crippen LogP contribution in [-0.2, 0) is 11.2 Å². The van der Waals surface area contributed by atoms with Gasteiger partial charge in [-0.3, -0.25) is 9.69 Å². The molecule has 1 amide bonds. The molecule has 128 valence electrons. The summed E-state index contributed by atoms with van der Waals surface area (Å²) in [7, 11) is 0. The van der Waals surface area contributed by atoms with E-state index < -0.39 is 0 Å². The molecule has 0 unspecified atom stereocenters. The second kappa shape index (κ2) is 6.69. The van der Waals surface area contributed by atoms with E-state index in [9.17, 15) is 4.79 Å². The Labute approximate surface area is 146 Å². The third kappa shape index (κ3) is 3.13. The van der Waals surface area contributed by atoms with Crippen LogP contribution in [0.5, 0.6) is 0 Å². The SMILES string of the molecule is Cc1oc(-c2cccs2)nc1CC(=O)N[C@H]1CCN2CCCC[C@H]12. The van der Waals surface area contributed by atoms with Gasteiger partial charge in [-0.15, -0.1) is 11.3 Å². The van der Waals surface area contributed by atoms with Crippen molar-refractivity contribution < 1.29 is 9.21 Å². The molecule has 2 saturated heterocycles. The van der Waals surface area contributed by atoms with Crippen LogP contribution in [0.25, 0.3) is 10.8 Å². The Morgan fingerprint density at radius 3 is 3.17 bits per heavy atom. The number of thiophene rings is 1. The maximum absolute atomic E-state index is 12.5. The van der Waals surface area contributed by atoms with Crippen molar-refractivity contribution in [3.63, 3.8) is 0 Å². The number of carbonyl (C=O) groups excluding carboxylic acids is 1. The number of aryl methyl sites for hydroxylation is 1. The Hall–Kier alpha value is -1.66. The summed E-state index contributed by atoms with van der Waals surface area (Å²) in [6.07, 6.45) is 5.13. The average molecular weight is 345 g/mol. The lowest BCUT2D eigenvalue weighted by Gasteiger charge is -2.32. The molecule has 0 spiro atoms. The normalized spacial score (nSPS) is 24.0. The summed E-state index contributed by atoms with van der Waals surface area (Å²) in [5, 5.41) is 5.24. The van der Waals surface area contributed by atoms with E-state index in [1.807, 2.05) is 24.4 Å². The van der Waals surface area contributed by atoms with Crippen molar-refractivity contribution in [2.24, 2.45) is 0 Å². The maximum Gasteiger partial charge on any atom is 0.236 e. The fourth-order valence-corrected chi connectivity index (χ4v) is 4.57. The minimum Gasteiger partial charge on any atom is -0.440 e. The van der Waals surface area contributed by atoms with Crippen molar-refractivity contribution in [2.75, 3.05) is 13.1 Å². The second-order valence-corrected chi connectivity index (χ2v) is 7.69. The number of aromatic nitrogens is 1. The van der Waals surface area contributed by atoms with Crippen LogP contribution in [0, 0.1) is 6.92 Å². The number of rotatable bonds is 4. The number of nitrogens with zero attached hydrogens (tertiary/aromatic N) is 2. The molecular formula is C18H23N3O2S. The highest BCUT2D eigenvalue weighted by atomic mass is 32.1. The van der Waals surface area contributed by atoms with Crippen LogP contribution in [0.2, 0.25) is 0 Å². The lowest BCUT2D eigenvalue weighted by molar-refractivity contribution is -0.121. The Bertz CT molecular complexity index is 710. The van der Waals surface area contributed by atoms with E-state index in [2.05, 4.69) is 15.2 Å². The van der Waals surface area contributed by atoms with E-state index in [0.29, 0.717) is 24.4 Å². The van der Waals surface area contributed by atoms with Crippen molar-refractivity contribution in [3.05, 3.63) is 29.0 Å². The molecule has 2 aromatic heterocycles. The molecule has 2 aliphatic heterocycles. The molecule has 4 heterocycles. The zero-order chi connectivity index (χ0) is 16.5. The molecule has 1 N–H and O–H groups in total. The van der Waals surface area contributed by atoms with E-state index >= 15 is 0 Å². The Morgan fingerprint density at radius 2 is 2.33 bits per heavy atom. The van der Waals surface area contributed by atoms with Gasteiger partial charge in [0.25, 0.3) is 0 Å². The largest absolute Gasteiger partial charge is 0.440 e. The lowest BCUT2D eigenvalue weighted by atomic mass is 9.99. The predicted octanol–water partition coefficient (Wildman–Crippen LogP) is 3.00. The zero-order valence-electron chi connectivity index (χ0n) is 14.0. The van der Waals surface area contributed by atoms with Gasteiger partial charge in [-0.25, -0.2) is 4.98 Å². The van der Waals surface area contributed by atoms with E-state index in [0.717, 1.165) is 29.3 Å². The van der Waals surface area contributed by atoms with E-state index in [1.165, 1.54) is 25.8 Å². The maximum atomic E-state index is 12.5. The van der Waals surface area contributed by atoms with Crippen LogP contribution in [-0.4, -0.2) is 41.0 Å². The van der Waals surface area contributed by atoms with E-state index in [-0.39, 0.29) is 5.91 Å². The number of carbonyl (C=O) groups is 1. The van der Waals surface area contributed by atoms with Gasteiger partial charge in [0.1, 0.15) is 5.76 Å². The molecule has 2 aliphatic rings. The first-order valence-electron chi connectivity index (χ1n) is 8.74. The lowest BCUT2D eigenvalue weighted by Crippen LogP contribution is -2.47. The van der Waals surface area contributed by atoms with Gasteiger partial charge in [-0.05, 0) is 44.2 Å². The minimum atomic E-state index is 0.0570. The molecule has 24 heavy (non-hydrogen) atoms. The summed E-state index contributed by atoms with van der Waals surface area (Å²) in [6.45, 7) is 4.18. The Kier molecular flexibility index (Phi) is 4.41. The molecule has 2 aromatic rings. The average Bonchev–Trinajstić information content (AvgIpc) is 3.29. The van der Waals surface area contributed by atoms with Crippen LogP contribution in [0.15, 0.2) is 21.9 Å². The van der Waals surface area contributed by atoms with E-state index in [4.69, 9.17) is 4.42 Å². The number of hydrogen-bond acceptors (Lipinski definition) is 5. The number of piperidine rings is 1. The summed E-state index contributed by atoms with van der Waals surface area (Å²) < 4.78 is 5.73. The summed E-state index contributed by atoms with van der Waals surface area (Å²) >= 11 is 1.59. The number of amides is 1. The first kappa shape index (κ1) is 15.8. The summed E-state index contributed by atoms with van der Waals surface area (Å²) in [6, 6.07) is 4.78. The van der Waals surface area contributed by atoms with Crippen molar-refractivity contribution in [1.29, 1.82) is 0 Å². The van der Waals surface area contributed by atoms with Crippen LogP contribution < -0.4 is 5.32 Å². The molecule has 6 heteroatoms. The van der Waals surface area contributed by atoms with Gasteiger partial charge in [0.15, 0.2) is 0 Å². The highest BCUT2D eigenvalue weighted by Gasteiger charge is 2.36. The molecule has 0 aliphatic carbocycles. The fourth-order valence-electron chi connectivity index (χ4n) is 3.92. The summed E-state index contributed by atoms with van der Waals surface area (Å²) in [4.78, 5) is 20.5. The molecule has 0 aromatic carbocycles. The smallest absolute Gasteiger partial charge is 0.236 e. The quantitative estimate of drug-likeness (QED) is 0.925. The summed E-state index contributed by atoms with van der Waals surface area (Å²) in [5.74, 6) is 1.41. The van der Waals surface area contributed by atoms with Gasteiger partial charge in [0.2, 0.25) is 11.8 Å². The van der Waals surface area contributed by atoms with Crippen molar-refractivity contribution >= 4 is 17.2 Å². The van der Waals surface area contributed by atoms with Crippen LogP contribution in [0.4, 0.5) is 0 Å². The van der Waals surface area contributed by atoms with E-state index in [1.54, 1.807) is 11.3 Å². The third-order valence-corrected chi connectivity index (χ3v) is 6.01. The number of oxazole rings is 1. The van der Waals surface area contributed by atoms with Gasteiger partial charge in [0, 0.05) is 18.6 Å². The first-order valence-corrected chi connectivity index (χ1v) is 9.62. The molecule has 2 atom stereocenters. The minimum absolute atomic E-state index is 0.0570. The van der Waals surface area contributed by atoms with Crippen molar-refractivity contribution in [1.82, 2.24) is 15.2 Å². The van der Waals surface area contributed by atoms with Gasteiger partial charge in [-0.2, -0.15) is 0 Å². The van der Waals surface area contributed by atoms with Crippen molar-refractivity contribution in [3.8, 4) is 10.8 Å². The summed E-state index contributed by atoms with van der Waals surface area (Å²) in [5.41, 5.74) is 0.745. The second-order valence-electron chi connectivity index (χ2n) is 6.74. The van der Waals surface area contributed by atoms with Crippen LogP contribution >= 0.6 is 11.3 Å². The highest BCUT2D eigenvalue weighted by molar-refractivity contribution is 7.13. The first-order chi connectivity index (χ1) is 11.7. The van der Waals surface area contributed by atoms with Gasteiger partial charge < -0.3 is 9.73 Å². The van der Waals surface area contributed by atoms with Crippen molar-refractivity contribution in [2.45, 2.75) is 51.1 Å². The number of hydrogen-bond donors (Lipinski definition) is 1. The Morgan fingerprint density at radius 1 is 1.42 bits per heavy atom. The van der Waals surface area contributed by atoms with Crippen LogP contribution in [0.3, 0.4) is 0 Å². The number of nitrogens with one attached hydrogen (secondary N) is 1. The molecule has 4 rings (SSSR count). The monoisotopic (exact) mass is 345 g/mol. The third-order valence-electron chi connectivity index (χ3n) is 5.16. The molecule has 0 radical (unpaired) electrons. The topological polar surface area (TPSA) is 58.4 Å². The molecular weight excluding hydrogens is 322 g/mol. The van der Waals surface area contributed by atoms with Gasteiger partial charge in [-0.1, -0.05) is 12.5 Å². The Balaban J connectivity index is 1.40. The van der Waals surface area contributed by atoms with Gasteiger partial charge >= 0.3 is 0 Å². The van der Waals surface area contributed by atoms with Gasteiger partial charge in [0.05, 0.1) is 17.0 Å². The molecule has 0 bridgehead atoms.